The Morgan fingerprint density at radius 3 is 2.65 bits per heavy atom. The Morgan fingerprint density at radius 1 is 1.06 bits per heavy atom. The number of hydrogen-bond donors (Lipinski definition) is 2. The number of aromatic nitrogens is 1. The highest BCUT2D eigenvalue weighted by molar-refractivity contribution is 6.07. The van der Waals surface area contributed by atoms with Crippen molar-refractivity contribution in [1.29, 1.82) is 0 Å². The molecule has 154 valence electrons. The molecular weight excluding hydrogens is 390 g/mol. The van der Waals surface area contributed by atoms with Crippen molar-refractivity contribution in [3.8, 4) is 22.8 Å². The molecule has 6 nitrogen and oxygen atoms in total. The molecule has 0 radical (unpaired) electrons. The quantitative estimate of drug-likeness (QED) is 0.354. The molecule has 0 aliphatic rings. The standard InChI is InChI=1S/C25H21N3O3/c1-2-31-24-14-17(12-13-23(24)29)16-26-28-25(30)20-15-22(18-8-4-3-5-9-18)27-21-11-7-6-10-19(20)21/h3-16,29H,2H2,1H3,(H,28,30)/b26-16-. The monoisotopic (exact) mass is 411 g/mol. The molecule has 31 heavy (non-hydrogen) atoms. The summed E-state index contributed by atoms with van der Waals surface area (Å²) < 4.78 is 5.37. The Bertz CT molecular complexity index is 1250. The number of pyridine rings is 1. The van der Waals surface area contributed by atoms with Crippen molar-refractivity contribution in [3.63, 3.8) is 0 Å². The highest BCUT2D eigenvalue weighted by atomic mass is 16.5. The molecule has 0 atom stereocenters. The van der Waals surface area contributed by atoms with Crippen molar-refractivity contribution in [2.24, 2.45) is 5.10 Å². The summed E-state index contributed by atoms with van der Waals surface area (Å²) in [5, 5.41) is 14.6. The van der Waals surface area contributed by atoms with E-state index in [0.29, 0.717) is 29.2 Å². The molecule has 6 heteroatoms. The van der Waals surface area contributed by atoms with Crippen LogP contribution >= 0.6 is 0 Å². The predicted molar refractivity (Wildman–Crippen MR) is 122 cm³/mol. The first-order valence-electron chi connectivity index (χ1n) is 9.90. The molecular formula is C25H21N3O3. The van der Waals surface area contributed by atoms with Gasteiger partial charge in [0.15, 0.2) is 11.5 Å². The first-order valence-corrected chi connectivity index (χ1v) is 9.90. The van der Waals surface area contributed by atoms with Crippen molar-refractivity contribution in [3.05, 3.63) is 90.0 Å². The van der Waals surface area contributed by atoms with Gasteiger partial charge in [-0.1, -0.05) is 48.5 Å². The molecule has 2 N–H and O–H groups in total. The molecule has 1 aromatic heterocycles. The molecule has 0 bridgehead atoms. The molecule has 0 saturated carbocycles. The average molecular weight is 411 g/mol. The molecule has 0 spiro atoms. The topological polar surface area (TPSA) is 83.8 Å². The maximum atomic E-state index is 12.9. The normalized spacial score (nSPS) is 11.0. The van der Waals surface area contributed by atoms with E-state index < -0.39 is 0 Å². The Balaban J connectivity index is 1.62. The van der Waals surface area contributed by atoms with E-state index in [1.165, 1.54) is 12.3 Å². The van der Waals surface area contributed by atoms with Gasteiger partial charge in [0.25, 0.3) is 5.91 Å². The number of ether oxygens (including phenoxy) is 1. The fourth-order valence-corrected chi connectivity index (χ4v) is 3.23. The van der Waals surface area contributed by atoms with E-state index >= 15 is 0 Å². The molecule has 1 amide bonds. The molecule has 4 rings (SSSR count). The zero-order valence-corrected chi connectivity index (χ0v) is 16.9. The van der Waals surface area contributed by atoms with E-state index in [-0.39, 0.29) is 11.7 Å². The summed E-state index contributed by atoms with van der Waals surface area (Å²) in [7, 11) is 0. The predicted octanol–water partition coefficient (Wildman–Crippen LogP) is 4.77. The summed E-state index contributed by atoms with van der Waals surface area (Å²) in [5.74, 6) is 0.0842. The lowest BCUT2D eigenvalue weighted by Crippen LogP contribution is -2.18. The zero-order valence-electron chi connectivity index (χ0n) is 16.9. The maximum absolute atomic E-state index is 12.9. The number of nitrogens with zero attached hydrogens (tertiary/aromatic N) is 2. The summed E-state index contributed by atoms with van der Waals surface area (Å²) in [6.45, 7) is 2.27. The number of phenols is 1. The molecule has 0 aliphatic carbocycles. The Morgan fingerprint density at radius 2 is 1.84 bits per heavy atom. The lowest BCUT2D eigenvalue weighted by atomic mass is 10.0. The van der Waals surface area contributed by atoms with Crippen LogP contribution in [0.5, 0.6) is 11.5 Å². The number of rotatable bonds is 6. The van der Waals surface area contributed by atoms with Crippen LogP contribution in [0, 0.1) is 0 Å². The van der Waals surface area contributed by atoms with Crippen molar-refractivity contribution in [2.45, 2.75) is 6.92 Å². The minimum absolute atomic E-state index is 0.0553. The Labute approximate surface area is 179 Å². The number of fused-ring (bicyclic) bond motifs is 1. The minimum Gasteiger partial charge on any atom is -0.504 e. The van der Waals surface area contributed by atoms with Crippen molar-refractivity contribution in [1.82, 2.24) is 10.4 Å². The van der Waals surface area contributed by atoms with Gasteiger partial charge in [0.1, 0.15) is 0 Å². The van der Waals surface area contributed by atoms with Crippen LogP contribution in [0.1, 0.15) is 22.8 Å². The van der Waals surface area contributed by atoms with Gasteiger partial charge in [-0.05, 0) is 42.8 Å². The third-order valence-electron chi connectivity index (χ3n) is 4.69. The third kappa shape index (κ3) is 4.53. The smallest absolute Gasteiger partial charge is 0.272 e. The Kier molecular flexibility index (Phi) is 5.89. The van der Waals surface area contributed by atoms with E-state index in [2.05, 4.69) is 10.5 Å². The molecule has 1 heterocycles. The number of hydrazone groups is 1. The summed E-state index contributed by atoms with van der Waals surface area (Å²) >= 11 is 0. The van der Waals surface area contributed by atoms with Crippen LogP contribution in [-0.4, -0.2) is 28.8 Å². The lowest BCUT2D eigenvalue weighted by Gasteiger charge is -2.09. The second-order valence-corrected chi connectivity index (χ2v) is 6.80. The number of aromatic hydroxyl groups is 1. The lowest BCUT2D eigenvalue weighted by molar-refractivity contribution is 0.0956. The van der Waals surface area contributed by atoms with Gasteiger partial charge in [-0.25, -0.2) is 10.4 Å². The number of carbonyl (C=O) groups is 1. The van der Waals surface area contributed by atoms with Crippen LogP contribution in [0.4, 0.5) is 0 Å². The molecule has 0 saturated heterocycles. The number of para-hydroxylation sites is 1. The number of nitrogens with one attached hydrogen (secondary N) is 1. The fourth-order valence-electron chi connectivity index (χ4n) is 3.23. The second-order valence-electron chi connectivity index (χ2n) is 6.80. The van der Waals surface area contributed by atoms with Crippen LogP contribution in [0.15, 0.2) is 84.0 Å². The maximum Gasteiger partial charge on any atom is 0.272 e. The van der Waals surface area contributed by atoms with Gasteiger partial charge in [-0.15, -0.1) is 0 Å². The van der Waals surface area contributed by atoms with Gasteiger partial charge in [0.05, 0.1) is 29.6 Å². The molecule has 4 aromatic rings. The van der Waals surface area contributed by atoms with Crippen molar-refractivity contribution in [2.75, 3.05) is 6.61 Å². The number of phenolic OH excluding ortho intramolecular Hbond substituents is 1. The van der Waals surface area contributed by atoms with Gasteiger partial charge in [0, 0.05) is 10.9 Å². The SMILES string of the molecule is CCOc1cc(/C=N\NC(=O)c2cc(-c3ccccc3)nc3ccccc23)ccc1O. The summed E-state index contributed by atoms with van der Waals surface area (Å²) in [6, 6.07) is 23.9. The van der Waals surface area contributed by atoms with E-state index in [9.17, 15) is 9.90 Å². The van der Waals surface area contributed by atoms with Crippen LogP contribution in [0.3, 0.4) is 0 Å². The molecule has 0 aliphatic heterocycles. The third-order valence-corrected chi connectivity index (χ3v) is 4.69. The van der Waals surface area contributed by atoms with Crippen molar-refractivity contribution >= 4 is 23.0 Å². The number of carbonyl (C=O) groups excluding carboxylic acids is 1. The number of hydrogen-bond acceptors (Lipinski definition) is 5. The van der Waals surface area contributed by atoms with E-state index in [4.69, 9.17) is 9.72 Å². The van der Waals surface area contributed by atoms with Crippen LogP contribution < -0.4 is 10.2 Å². The van der Waals surface area contributed by atoms with Crippen molar-refractivity contribution < 1.29 is 14.6 Å². The van der Waals surface area contributed by atoms with Crippen LogP contribution in [0.25, 0.3) is 22.2 Å². The zero-order chi connectivity index (χ0) is 21.6. The summed E-state index contributed by atoms with van der Waals surface area (Å²) in [6.07, 6.45) is 1.50. The van der Waals surface area contributed by atoms with Crippen LogP contribution in [-0.2, 0) is 0 Å². The first-order chi connectivity index (χ1) is 15.2. The number of benzene rings is 3. The molecule has 0 fully saturated rings. The summed E-state index contributed by atoms with van der Waals surface area (Å²) in [5.41, 5.74) is 6.14. The minimum atomic E-state index is -0.337. The van der Waals surface area contributed by atoms with Gasteiger partial charge in [0.2, 0.25) is 0 Å². The van der Waals surface area contributed by atoms with E-state index in [1.54, 1.807) is 18.2 Å². The van der Waals surface area contributed by atoms with Gasteiger partial charge in [-0.2, -0.15) is 5.10 Å². The second kappa shape index (κ2) is 9.09. The highest BCUT2D eigenvalue weighted by Crippen LogP contribution is 2.26. The van der Waals surface area contributed by atoms with Gasteiger partial charge < -0.3 is 9.84 Å². The largest absolute Gasteiger partial charge is 0.504 e. The highest BCUT2D eigenvalue weighted by Gasteiger charge is 2.13. The average Bonchev–Trinajstić information content (AvgIpc) is 2.81. The van der Waals surface area contributed by atoms with Gasteiger partial charge in [-0.3, -0.25) is 4.79 Å². The number of amides is 1. The molecule has 0 unspecified atom stereocenters. The fraction of sp³-hybridized carbons (Fsp3) is 0.0800. The van der Waals surface area contributed by atoms with E-state index in [0.717, 1.165) is 16.5 Å². The Hall–Kier alpha value is -4.19. The summed E-state index contributed by atoms with van der Waals surface area (Å²) in [4.78, 5) is 17.6. The van der Waals surface area contributed by atoms with Crippen LogP contribution in [0.2, 0.25) is 0 Å². The van der Waals surface area contributed by atoms with E-state index in [1.807, 2.05) is 61.5 Å². The molecule has 3 aromatic carbocycles. The first kappa shape index (κ1) is 20.1. The van der Waals surface area contributed by atoms with Gasteiger partial charge >= 0.3 is 0 Å².